The first-order valence-electron chi connectivity index (χ1n) is 4.23. The highest BCUT2D eigenvalue weighted by atomic mass is 79.9. The van der Waals surface area contributed by atoms with E-state index in [1.165, 1.54) is 12.1 Å². The summed E-state index contributed by atoms with van der Waals surface area (Å²) in [6, 6.07) is 4.02. The molecule has 1 rings (SSSR count). The Morgan fingerprint density at radius 1 is 1.47 bits per heavy atom. The number of ketones is 1. The summed E-state index contributed by atoms with van der Waals surface area (Å²) in [6.45, 7) is 1.65. The number of esters is 1. The highest BCUT2D eigenvalue weighted by Crippen LogP contribution is 2.20. The molecular weight excluding hydrogens is 267 g/mol. The molecule has 0 atom stereocenters. The van der Waals surface area contributed by atoms with Gasteiger partial charge in [-0.3, -0.25) is 4.79 Å². The Morgan fingerprint density at radius 3 is 2.67 bits per heavy atom. The fourth-order valence-corrected chi connectivity index (χ4v) is 1.54. The predicted octanol–water partition coefficient (Wildman–Crippen LogP) is 2.33. The minimum absolute atomic E-state index is 0.0800. The molecule has 0 aliphatic carbocycles. The Hall–Kier alpha value is -1.23. The van der Waals surface area contributed by atoms with Crippen molar-refractivity contribution < 1.29 is 18.7 Å². The average molecular weight is 275 g/mol. The number of hydrogen-bond donors (Lipinski definition) is 0. The molecule has 0 spiro atoms. The fraction of sp³-hybridized carbons (Fsp3) is 0.200. The summed E-state index contributed by atoms with van der Waals surface area (Å²) in [5.74, 6) is -2.78. The highest BCUT2D eigenvalue weighted by molar-refractivity contribution is 9.10. The van der Waals surface area contributed by atoms with E-state index in [9.17, 15) is 14.0 Å². The molecule has 0 unspecified atom stereocenters. The Kier molecular flexibility index (Phi) is 3.96. The summed E-state index contributed by atoms with van der Waals surface area (Å²) in [4.78, 5) is 22.5. The van der Waals surface area contributed by atoms with Crippen LogP contribution in [-0.4, -0.2) is 18.4 Å². The van der Waals surface area contributed by atoms with Crippen LogP contribution in [-0.2, 0) is 9.53 Å². The molecule has 3 nitrogen and oxygen atoms in total. The smallest absolute Gasteiger partial charge is 0.379 e. The van der Waals surface area contributed by atoms with Crippen LogP contribution in [0.4, 0.5) is 4.39 Å². The molecule has 0 saturated heterocycles. The van der Waals surface area contributed by atoms with E-state index in [0.717, 1.165) is 6.07 Å². The van der Waals surface area contributed by atoms with Gasteiger partial charge in [0.1, 0.15) is 5.82 Å². The first kappa shape index (κ1) is 11.8. The number of halogens is 2. The van der Waals surface area contributed by atoms with E-state index in [4.69, 9.17) is 0 Å². The molecule has 0 bridgehead atoms. The molecule has 0 aliphatic heterocycles. The molecule has 5 heteroatoms. The van der Waals surface area contributed by atoms with Crippen LogP contribution in [0.15, 0.2) is 22.7 Å². The van der Waals surface area contributed by atoms with Gasteiger partial charge in [0.2, 0.25) is 0 Å². The fourth-order valence-electron chi connectivity index (χ4n) is 1.01. The number of ether oxygens (including phenoxy) is 1. The maximum absolute atomic E-state index is 13.2. The molecular formula is C10H8BrFO3. The monoisotopic (exact) mass is 274 g/mol. The van der Waals surface area contributed by atoms with E-state index in [1.54, 1.807) is 6.92 Å². The van der Waals surface area contributed by atoms with Crippen LogP contribution in [0, 0.1) is 5.82 Å². The van der Waals surface area contributed by atoms with Crippen LogP contribution in [0.1, 0.15) is 17.3 Å². The van der Waals surface area contributed by atoms with E-state index in [2.05, 4.69) is 20.7 Å². The van der Waals surface area contributed by atoms with Gasteiger partial charge < -0.3 is 4.74 Å². The van der Waals surface area contributed by atoms with Crippen molar-refractivity contribution in [1.29, 1.82) is 0 Å². The summed E-state index contributed by atoms with van der Waals surface area (Å²) in [6.07, 6.45) is 0. The van der Waals surface area contributed by atoms with Gasteiger partial charge in [0.15, 0.2) is 0 Å². The van der Waals surface area contributed by atoms with Crippen LogP contribution in [0.3, 0.4) is 0 Å². The van der Waals surface area contributed by atoms with E-state index in [1.807, 2.05) is 0 Å². The molecule has 0 saturated carbocycles. The molecule has 80 valence electrons. The van der Waals surface area contributed by atoms with Crippen molar-refractivity contribution in [1.82, 2.24) is 0 Å². The van der Waals surface area contributed by atoms with Gasteiger partial charge in [0.25, 0.3) is 5.78 Å². The Balaban J connectivity index is 3.06. The number of benzene rings is 1. The van der Waals surface area contributed by atoms with Gasteiger partial charge >= 0.3 is 5.97 Å². The molecule has 0 aromatic heterocycles. The van der Waals surface area contributed by atoms with E-state index < -0.39 is 17.6 Å². The van der Waals surface area contributed by atoms with Gasteiger partial charge in [-0.2, -0.15) is 0 Å². The second kappa shape index (κ2) is 5.02. The number of carbonyl (C=O) groups excluding carboxylic acids is 2. The third-order valence-electron chi connectivity index (χ3n) is 1.65. The van der Waals surface area contributed by atoms with Crippen LogP contribution in [0.25, 0.3) is 0 Å². The first-order chi connectivity index (χ1) is 7.07. The van der Waals surface area contributed by atoms with Crippen LogP contribution >= 0.6 is 15.9 Å². The van der Waals surface area contributed by atoms with Crippen molar-refractivity contribution in [2.24, 2.45) is 0 Å². The van der Waals surface area contributed by atoms with E-state index >= 15 is 0 Å². The topological polar surface area (TPSA) is 43.4 Å². The molecule has 1 aromatic carbocycles. The van der Waals surface area contributed by atoms with E-state index in [0.29, 0.717) is 0 Å². The van der Waals surface area contributed by atoms with Gasteiger partial charge in [-0.15, -0.1) is 0 Å². The molecule has 0 radical (unpaired) electrons. The Morgan fingerprint density at radius 2 is 2.13 bits per heavy atom. The van der Waals surface area contributed by atoms with Crippen molar-refractivity contribution in [2.75, 3.05) is 6.61 Å². The second-order valence-electron chi connectivity index (χ2n) is 2.65. The van der Waals surface area contributed by atoms with Gasteiger partial charge in [-0.25, -0.2) is 9.18 Å². The normalized spacial score (nSPS) is 9.80. The lowest BCUT2D eigenvalue weighted by Crippen LogP contribution is -2.19. The second-order valence-corrected chi connectivity index (χ2v) is 3.50. The van der Waals surface area contributed by atoms with Gasteiger partial charge in [0, 0.05) is 4.47 Å². The minimum Gasteiger partial charge on any atom is -0.460 e. The zero-order valence-corrected chi connectivity index (χ0v) is 9.51. The average Bonchev–Trinajstić information content (AvgIpc) is 2.17. The lowest BCUT2D eigenvalue weighted by Gasteiger charge is -2.04. The maximum atomic E-state index is 13.2. The van der Waals surface area contributed by atoms with Crippen molar-refractivity contribution >= 4 is 27.7 Å². The van der Waals surface area contributed by atoms with Crippen molar-refractivity contribution in [3.8, 4) is 0 Å². The quantitative estimate of drug-likeness (QED) is 0.483. The van der Waals surface area contributed by atoms with E-state index in [-0.39, 0.29) is 16.6 Å². The highest BCUT2D eigenvalue weighted by Gasteiger charge is 2.23. The molecule has 0 fully saturated rings. The number of hydrogen-bond acceptors (Lipinski definition) is 3. The molecule has 0 N–H and O–H groups in total. The van der Waals surface area contributed by atoms with Crippen molar-refractivity contribution in [3.63, 3.8) is 0 Å². The molecule has 0 aliphatic rings. The van der Waals surface area contributed by atoms with Crippen molar-refractivity contribution in [2.45, 2.75) is 6.92 Å². The van der Waals surface area contributed by atoms with Crippen molar-refractivity contribution in [3.05, 3.63) is 34.1 Å². The van der Waals surface area contributed by atoms with Crippen LogP contribution in [0.2, 0.25) is 0 Å². The molecule has 0 amide bonds. The Bertz CT molecular complexity index is 383. The number of rotatable bonds is 3. The van der Waals surface area contributed by atoms with Gasteiger partial charge in [-0.05, 0) is 35.0 Å². The maximum Gasteiger partial charge on any atom is 0.379 e. The number of carbonyl (C=O) groups is 2. The SMILES string of the molecule is CCOC(=O)C(=O)c1c(F)cccc1Br. The summed E-state index contributed by atoms with van der Waals surface area (Å²) < 4.78 is 18.0. The number of Topliss-reactive ketones (excluding diaryl/α,β-unsaturated/α-hetero) is 1. The van der Waals surface area contributed by atoms with Gasteiger partial charge in [-0.1, -0.05) is 6.07 Å². The summed E-state index contributed by atoms with van der Waals surface area (Å²) >= 11 is 3.00. The third kappa shape index (κ3) is 2.62. The van der Waals surface area contributed by atoms with Gasteiger partial charge in [0.05, 0.1) is 12.2 Å². The summed E-state index contributed by atoms with van der Waals surface area (Å²) in [5.41, 5.74) is -0.295. The lowest BCUT2D eigenvalue weighted by atomic mass is 10.1. The standard InChI is InChI=1S/C10H8BrFO3/c1-2-15-10(14)9(13)8-6(11)4-3-5-7(8)12/h3-5H,2H2,1H3. The minimum atomic E-state index is -1.05. The summed E-state index contributed by atoms with van der Waals surface area (Å²) in [7, 11) is 0. The largest absolute Gasteiger partial charge is 0.460 e. The predicted molar refractivity (Wildman–Crippen MR) is 55.1 cm³/mol. The molecule has 1 aromatic rings. The Labute approximate surface area is 94.4 Å². The molecule has 15 heavy (non-hydrogen) atoms. The zero-order valence-electron chi connectivity index (χ0n) is 7.92. The van der Waals surface area contributed by atoms with Crippen LogP contribution in [0.5, 0.6) is 0 Å². The molecule has 0 heterocycles. The van der Waals surface area contributed by atoms with Crippen LogP contribution < -0.4 is 0 Å². The third-order valence-corrected chi connectivity index (χ3v) is 2.31. The zero-order chi connectivity index (χ0) is 11.4. The lowest BCUT2D eigenvalue weighted by molar-refractivity contribution is -0.137. The first-order valence-corrected chi connectivity index (χ1v) is 5.02. The summed E-state index contributed by atoms with van der Waals surface area (Å²) in [5, 5.41) is 0.